The summed E-state index contributed by atoms with van der Waals surface area (Å²) in [5.74, 6) is 0. The largest absolute Gasteiger partial charge is 0.382 e. The highest BCUT2D eigenvalue weighted by Crippen LogP contribution is 2.16. The highest BCUT2D eigenvalue weighted by Gasteiger charge is 2.03. The molecular weight excluding hydrogens is 220 g/mol. The van der Waals surface area contributed by atoms with E-state index >= 15 is 0 Å². The quantitative estimate of drug-likeness (QED) is 0.712. The van der Waals surface area contributed by atoms with Crippen LogP contribution < -0.4 is 5.32 Å². The molecule has 0 atom stereocenters. The second-order valence-corrected chi connectivity index (χ2v) is 5.11. The molecule has 3 nitrogen and oxygen atoms in total. The van der Waals surface area contributed by atoms with Gasteiger partial charge in [0.25, 0.3) is 0 Å². The first-order valence-electron chi connectivity index (χ1n) is 5.95. The third kappa shape index (κ3) is 5.05. The predicted molar refractivity (Wildman–Crippen MR) is 69.0 cm³/mol. The minimum Gasteiger partial charge on any atom is -0.382 e. The van der Waals surface area contributed by atoms with Gasteiger partial charge in [0.05, 0.1) is 10.7 Å². The number of nitrogens with zero attached hydrogens (tertiary/aromatic N) is 1. The van der Waals surface area contributed by atoms with E-state index in [1.54, 1.807) is 11.3 Å². The van der Waals surface area contributed by atoms with Crippen LogP contribution in [-0.4, -0.2) is 24.7 Å². The lowest BCUT2D eigenvalue weighted by Crippen LogP contribution is -2.15. The van der Waals surface area contributed by atoms with Crippen molar-refractivity contribution in [2.45, 2.75) is 40.2 Å². The van der Waals surface area contributed by atoms with Crippen LogP contribution in [0, 0.1) is 13.8 Å². The number of thiazole rings is 1. The predicted octanol–water partition coefficient (Wildman–Crippen LogP) is 2.67. The first-order chi connectivity index (χ1) is 7.74. The number of hydrogen-bond acceptors (Lipinski definition) is 4. The molecule has 1 aromatic heterocycles. The van der Waals surface area contributed by atoms with Crippen molar-refractivity contribution in [2.24, 2.45) is 0 Å². The van der Waals surface area contributed by atoms with Gasteiger partial charge in [0.15, 0.2) is 0 Å². The molecule has 0 aliphatic heterocycles. The smallest absolute Gasteiger partial charge is 0.0900 e. The van der Waals surface area contributed by atoms with Crippen molar-refractivity contribution in [3.8, 4) is 0 Å². The zero-order valence-electron chi connectivity index (χ0n) is 10.5. The van der Waals surface area contributed by atoms with Crippen molar-refractivity contribution in [2.75, 3.05) is 19.8 Å². The van der Waals surface area contributed by atoms with Crippen molar-refractivity contribution in [1.82, 2.24) is 10.3 Å². The Hall–Kier alpha value is -0.450. The second-order valence-electron chi connectivity index (χ2n) is 3.82. The molecule has 0 saturated carbocycles. The number of hydrogen-bond donors (Lipinski definition) is 1. The summed E-state index contributed by atoms with van der Waals surface area (Å²) in [5, 5.41) is 4.61. The van der Waals surface area contributed by atoms with Gasteiger partial charge in [-0.2, -0.15) is 0 Å². The summed E-state index contributed by atoms with van der Waals surface area (Å²) in [7, 11) is 0. The summed E-state index contributed by atoms with van der Waals surface area (Å²) in [6.07, 6.45) is 2.32. The number of aromatic nitrogens is 1. The van der Waals surface area contributed by atoms with Gasteiger partial charge in [0, 0.05) is 24.6 Å². The Kier molecular flexibility index (Phi) is 6.61. The van der Waals surface area contributed by atoms with Gasteiger partial charge < -0.3 is 10.1 Å². The minimum atomic E-state index is 0.826. The Morgan fingerprint density at radius 1 is 1.31 bits per heavy atom. The molecule has 1 heterocycles. The lowest BCUT2D eigenvalue weighted by Gasteiger charge is -2.03. The number of rotatable bonds is 8. The molecule has 0 fully saturated rings. The molecule has 0 aliphatic carbocycles. The Morgan fingerprint density at radius 3 is 2.75 bits per heavy atom. The van der Waals surface area contributed by atoms with E-state index in [9.17, 15) is 0 Å². The summed E-state index contributed by atoms with van der Waals surface area (Å²) in [4.78, 5) is 5.77. The Balaban J connectivity index is 2.05. The van der Waals surface area contributed by atoms with Crippen LogP contribution in [-0.2, 0) is 11.3 Å². The van der Waals surface area contributed by atoms with Crippen LogP contribution in [0.5, 0.6) is 0 Å². The van der Waals surface area contributed by atoms with Crippen LogP contribution in [0.1, 0.15) is 35.3 Å². The average Bonchev–Trinajstić information content (AvgIpc) is 2.56. The fourth-order valence-electron chi connectivity index (χ4n) is 1.54. The molecule has 16 heavy (non-hydrogen) atoms. The molecular formula is C12H22N2OS. The maximum absolute atomic E-state index is 5.29. The fraction of sp³-hybridized carbons (Fsp3) is 0.750. The second kappa shape index (κ2) is 7.76. The summed E-state index contributed by atoms with van der Waals surface area (Å²) in [6, 6.07) is 0. The SMILES string of the molecule is CCOCCCCNCc1sc(C)nc1C. The van der Waals surface area contributed by atoms with Gasteiger partial charge in [-0.05, 0) is 40.2 Å². The minimum absolute atomic E-state index is 0.826. The summed E-state index contributed by atoms with van der Waals surface area (Å²) in [6.45, 7) is 9.89. The number of nitrogens with one attached hydrogen (secondary N) is 1. The summed E-state index contributed by atoms with van der Waals surface area (Å²) >= 11 is 1.79. The number of ether oxygens (including phenoxy) is 1. The number of aryl methyl sites for hydroxylation is 2. The Bertz CT molecular complexity index is 299. The van der Waals surface area contributed by atoms with Gasteiger partial charge in [-0.15, -0.1) is 11.3 Å². The van der Waals surface area contributed by atoms with Crippen molar-refractivity contribution in [3.63, 3.8) is 0 Å². The monoisotopic (exact) mass is 242 g/mol. The van der Waals surface area contributed by atoms with E-state index < -0.39 is 0 Å². The lowest BCUT2D eigenvalue weighted by molar-refractivity contribution is 0.143. The van der Waals surface area contributed by atoms with Gasteiger partial charge in [0.1, 0.15) is 0 Å². The molecule has 0 unspecified atom stereocenters. The van der Waals surface area contributed by atoms with Crippen LogP contribution >= 0.6 is 11.3 Å². The van der Waals surface area contributed by atoms with E-state index in [1.807, 2.05) is 6.92 Å². The molecule has 0 radical (unpaired) electrons. The van der Waals surface area contributed by atoms with Crippen LogP contribution in [0.2, 0.25) is 0 Å². The molecule has 1 aromatic rings. The molecule has 92 valence electrons. The third-order valence-electron chi connectivity index (χ3n) is 2.38. The molecule has 0 spiro atoms. The maximum Gasteiger partial charge on any atom is 0.0900 e. The van der Waals surface area contributed by atoms with Crippen LogP contribution in [0.4, 0.5) is 0 Å². The molecule has 0 aliphatic rings. The molecule has 4 heteroatoms. The Morgan fingerprint density at radius 2 is 2.12 bits per heavy atom. The van der Waals surface area contributed by atoms with E-state index in [-0.39, 0.29) is 0 Å². The van der Waals surface area contributed by atoms with Gasteiger partial charge in [-0.3, -0.25) is 0 Å². The highest BCUT2D eigenvalue weighted by atomic mass is 32.1. The van der Waals surface area contributed by atoms with Crippen molar-refractivity contribution in [3.05, 3.63) is 15.6 Å². The topological polar surface area (TPSA) is 34.1 Å². The van der Waals surface area contributed by atoms with Crippen LogP contribution in [0.25, 0.3) is 0 Å². The van der Waals surface area contributed by atoms with Gasteiger partial charge in [-0.25, -0.2) is 4.98 Å². The first-order valence-corrected chi connectivity index (χ1v) is 6.77. The van der Waals surface area contributed by atoms with Crippen molar-refractivity contribution >= 4 is 11.3 Å². The Labute approximate surface area is 102 Å². The van der Waals surface area contributed by atoms with E-state index in [0.29, 0.717) is 0 Å². The lowest BCUT2D eigenvalue weighted by atomic mass is 10.3. The third-order valence-corrected chi connectivity index (χ3v) is 3.45. The molecule has 0 amide bonds. The number of unbranched alkanes of at least 4 members (excludes halogenated alkanes) is 1. The fourth-order valence-corrected chi connectivity index (χ4v) is 2.44. The summed E-state index contributed by atoms with van der Waals surface area (Å²) < 4.78 is 5.29. The van der Waals surface area contributed by atoms with E-state index in [0.717, 1.165) is 37.7 Å². The normalized spacial score (nSPS) is 10.9. The van der Waals surface area contributed by atoms with Crippen molar-refractivity contribution < 1.29 is 4.74 Å². The molecule has 1 rings (SSSR count). The van der Waals surface area contributed by atoms with Crippen LogP contribution in [0.15, 0.2) is 0 Å². The molecule has 0 saturated heterocycles. The molecule has 1 N–H and O–H groups in total. The zero-order chi connectivity index (χ0) is 11.8. The molecule has 0 aromatic carbocycles. The van der Waals surface area contributed by atoms with Gasteiger partial charge in [0.2, 0.25) is 0 Å². The molecule has 0 bridgehead atoms. The van der Waals surface area contributed by atoms with Gasteiger partial charge in [-0.1, -0.05) is 0 Å². The van der Waals surface area contributed by atoms with E-state index in [4.69, 9.17) is 4.74 Å². The van der Waals surface area contributed by atoms with E-state index in [2.05, 4.69) is 24.1 Å². The maximum atomic E-state index is 5.29. The van der Waals surface area contributed by atoms with Crippen molar-refractivity contribution in [1.29, 1.82) is 0 Å². The van der Waals surface area contributed by atoms with E-state index in [1.165, 1.54) is 17.0 Å². The summed E-state index contributed by atoms with van der Waals surface area (Å²) in [5.41, 5.74) is 1.17. The average molecular weight is 242 g/mol. The van der Waals surface area contributed by atoms with Gasteiger partial charge >= 0.3 is 0 Å². The zero-order valence-corrected chi connectivity index (χ0v) is 11.3. The highest BCUT2D eigenvalue weighted by molar-refractivity contribution is 7.11. The van der Waals surface area contributed by atoms with Crippen LogP contribution in [0.3, 0.4) is 0 Å². The standard InChI is InChI=1S/C12H22N2OS/c1-4-15-8-6-5-7-13-9-12-10(2)14-11(3)16-12/h13H,4-9H2,1-3H3. The first kappa shape index (κ1) is 13.6.